The van der Waals surface area contributed by atoms with Crippen molar-refractivity contribution in [3.63, 3.8) is 0 Å². The summed E-state index contributed by atoms with van der Waals surface area (Å²) in [5, 5.41) is 0. The van der Waals surface area contributed by atoms with Gasteiger partial charge in [0, 0.05) is 18.5 Å². The molecule has 23 heavy (non-hydrogen) atoms. The lowest BCUT2D eigenvalue weighted by atomic mass is 10.1. The topological polar surface area (TPSA) is 55.6 Å². The molecule has 0 heterocycles. The van der Waals surface area contributed by atoms with Gasteiger partial charge >= 0.3 is 0 Å². The molecule has 0 saturated heterocycles. The van der Waals surface area contributed by atoms with Crippen LogP contribution in [0.5, 0.6) is 5.75 Å². The van der Waals surface area contributed by atoms with E-state index in [1.165, 1.54) is 25.7 Å². The molecule has 2 N–H and O–H groups in total. The molecule has 0 aliphatic heterocycles. The second-order valence-corrected chi connectivity index (χ2v) is 5.91. The van der Waals surface area contributed by atoms with Gasteiger partial charge in [-0.3, -0.25) is 4.79 Å². The van der Waals surface area contributed by atoms with Crippen LogP contribution in [0.2, 0.25) is 0 Å². The highest BCUT2D eigenvalue weighted by Gasteiger charge is 2.11. The summed E-state index contributed by atoms with van der Waals surface area (Å²) in [6.45, 7) is 9.87. The number of unbranched alkanes of at least 4 members (excludes halogenated alkanes) is 2. The van der Waals surface area contributed by atoms with E-state index >= 15 is 0 Å². The van der Waals surface area contributed by atoms with E-state index < -0.39 is 0 Å². The van der Waals surface area contributed by atoms with Crippen molar-refractivity contribution in [2.75, 3.05) is 32.0 Å². The average Bonchev–Trinajstić information content (AvgIpc) is 2.55. The summed E-state index contributed by atoms with van der Waals surface area (Å²) in [5.74, 6) is 0.800. The Hall–Kier alpha value is -1.55. The van der Waals surface area contributed by atoms with E-state index in [1.54, 1.807) is 12.1 Å². The zero-order chi connectivity index (χ0) is 17.1. The van der Waals surface area contributed by atoms with Gasteiger partial charge in [0.15, 0.2) is 5.78 Å². The molecule has 0 aliphatic rings. The number of ketones is 1. The Morgan fingerprint density at radius 1 is 1.09 bits per heavy atom. The molecule has 0 fully saturated rings. The number of benzene rings is 1. The minimum atomic E-state index is 0.151. The van der Waals surface area contributed by atoms with Crippen molar-refractivity contribution in [1.29, 1.82) is 0 Å². The molecule has 0 radical (unpaired) electrons. The zero-order valence-corrected chi connectivity index (χ0v) is 14.9. The first-order valence-electron chi connectivity index (χ1n) is 8.90. The van der Waals surface area contributed by atoms with E-state index in [2.05, 4.69) is 18.7 Å². The predicted octanol–water partition coefficient (Wildman–Crippen LogP) is 4.14. The fraction of sp³-hybridized carbons (Fsp3) is 0.632. The average molecular weight is 320 g/mol. The van der Waals surface area contributed by atoms with Crippen LogP contribution in [0.4, 0.5) is 5.69 Å². The molecule has 130 valence electrons. The third-order valence-corrected chi connectivity index (χ3v) is 3.94. The van der Waals surface area contributed by atoms with Gasteiger partial charge in [-0.2, -0.15) is 0 Å². The van der Waals surface area contributed by atoms with Crippen LogP contribution >= 0.6 is 0 Å². The number of rotatable bonds is 12. The van der Waals surface area contributed by atoms with Gasteiger partial charge in [-0.05, 0) is 51.1 Å². The molecule has 4 heteroatoms. The van der Waals surface area contributed by atoms with Crippen LogP contribution < -0.4 is 10.5 Å². The minimum absolute atomic E-state index is 0.151. The number of nitrogens with zero attached hydrogens (tertiary/aromatic N) is 1. The first-order chi connectivity index (χ1) is 11.1. The highest BCUT2D eigenvalue weighted by atomic mass is 16.5. The molecule has 0 atom stereocenters. The number of hydrogen-bond donors (Lipinski definition) is 1. The molecule has 1 aromatic carbocycles. The van der Waals surface area contributed by atoms with Gasteiger partial charge in [-0.1, -0.05) is 26.7 Å². The van der Waals surface area contributed by atoms with Gasteiger partial charge in [0.25, 0.3) is 0 Å². The first-order valence-corrected chi connectivity index (χ1v) is 8.90. The Bertz CT molecular complexity index is 466. The van der Waals surface area contributed by atoms with Crippen LogP contribution in [0, 0.1) is 0 Å². The number of carbonyl (C=O) groups excluding carboxylic acids is 1. The zero-order valence-electron chi connectivity index (χ0n) is 14.9. The summed E-state index contributed by atoms with van der Waals surface area (Å²) in [4.78, 5) is 14.8. The van der Waals surface area contributed by atoms with Crippen molar-refractivity contribution in [1.82, 2.24) is 4.90 Å². The lowest BCUT2D eigenvalue weighted by Gasteiger charge is -2.21. The quantitative estimate of drug-likeness (QED) is 0.464. The van der Waals surface area contributed by atoms with Crippen LogP contribution in [-0.2, 0) is 0 Å². The van der Waals surface area contributed by atoms with Gasteiger partial charge in [0.1, 0.15) is 5.75 Å². The molecule has 4 nitrogen and oxygen atoms in total. The smallest absolute Gasteiger partial charge is 0.164 e. The summed E-state index contributed by atoms with van der Waals surface area (Å²) < 4.78 is 5.41. The third-order valence-electron chi connectivity index (χ3n) is 3.94. The second kappa shape index (κ2) is 11.1. The summed E-state index contributed by atoms with van der Waals surface area (Å²) in [6, 6.07) is 5.33. The van der Waals surface area contributed by atoms with Gasteiger partial charge in [-0.25, -0.2) is 0 Å². The summed E-state index contributed by atoms with van der Waals surface area (Å²) >= 11 is 0. The number of ether oxygens (including phenoxy) is 1. The van der Waals surface area contributed by atoms with E-state index in [4.69, 9.17) is 10.5 Å². The van der Waals surface area contributed by atoms with E-state index in [1.807, 2.05) is 13.0 Å². The first kappa shape index (κ1) is 19.5. The molecule has 1 aromatic rings. The van der Waals surface area contributed by atoms with Gasteiger partial charge < -0.3 is 15.4 Å². The largest absolute Gasteiger partial charge is 0.492 e. The Balaban J connectivity index is 2.57. The molecular weight excluding hydrogens is 288 g/mol. The molecule has 0 spiro atoms. The van der Waals surface area contributed by atoms with E-state index in [0.717, 1.165) is 19.6 Å². The third kappa shape index (κ3) is 7.04. The van der Waals surface area contributed by atoms with Gasteiger partial charge in [0.05, 0.1) is 12.3 Å². The van der Waals surface area contributed by atoms with Crippen molar-refractivity contribution in [3.8, 4) is 5.75 Å². The highest BCUT2D eigenvalue weighted by Crippen LogP contribution is 2.23. The predicted molar refractivity (Wildman–Crippen MR) is 97.2 cm³/mol. The van der Waals surface area contributed by atoms with Crippen LogP contribution in [0.25, 0.3) is 0 Å². The fourth-order valence-corrected chi connectivity index (χ4v) is 2.51. The van der Waals surface area contributed by atoms with Crippen LogP contribution in [-0.4, -0.2) is 36.9 Å². The standard InChI is InChI=1S/C19H32N2O2/c1-4-7-12-21(13-8-5-2)14-11-18(22)16-9-10-19(23-6-3)17(20)15-16/h9-10,15H,4-8,11-14,20H2,1-3H3. The number of nitrogens with two attached hydrogens (primary N) is 1. The van der Waals surface area contributed by atoms with E-state index in [9.17, 15) is 4.79 Å². The highest BCUT2D eigenvalue weighted by molar-refractivity contribution is 5.97. The van der Waals surface area contributed by atoms with Crippen LogP contribution in [0.15, 0.2) is 18.2 Å². The molecule has 1 rings (SSSR count). The van der Waals surface area contributed by atoms with Crippen molar-refractivity contribution >= 4 is 11.5 Å². The Morgan fingerprint density at radius 2 is 1.74 bits per heavy atom. The Kier molecular flexibility index (Phi) is 9.37. The molecule has 0 aliphatic carbocycles. The van der Waals surface area contributed by atoms with Crippen molar-refractivity contribution in [2.24, 2.45) is 0 Å². The van der Waals surface area contributed by atoms with Gasteiger partial charge in [0.2, 0.25) is 0 Å². The number of Topliss-reactive ketones (excluding diaryl/α,β-unsaturated/α-hetero) is 1. The summed E-state index contributed by atoms with van der Waals surface area (Å²) in [5.41, 5.74) is 7.16. The number of carbonyl (C=O) groups is 1. The fourth-order valence-electron chi connectivity index (χ4n) is 2.51. The van der Waals surface area contributed by atoms with Crippen LogP contribution in [0.3, 0.4) is 0 Å². The number of anilines is 1. The molecule has 0 amide bonds. The molecular formula is C19H32N2O2. The van der Waals surface area contributed by atoms with Crippen LogP contribution in [0.1, 0.15) is 63.2 Å². The second-order valence-electron chi connectivity index (χ2n) is 5.91. The van der Waals surface area contributed by atoms with Crippen molar-refractivity contribution in [3.05, 3.63) is 23.8 Å². The van der Waals surface area contributed by atoms with E-state index in [-0.39, 0.29) is 5.78 Å². The van der Waals surface area contributed by atoms with Crippen molar-refractivity contribution < 1.29 is 9.53 Å². The maximum atomic E-state index is 12.4. The molecule has 0 aromatic heterocycles. The normalized spacial score (nSPS) is 11.0. The Morgan fingerprint density at radius 3 is 2.26 bits per heavy atom. The van der Waals surface area contributed by atoms with Crippen molar-refractivity contribution in [2.45, 2.75) is 52.9 Å². The molecule has 0 unspecified atom stereocenters. The lowest BCUT2D eigenvalue weighted by molar-refractivity contribution is 0.0963. The number of hydrogen-bond acceptors (Lipinski definition) is 4. The van der Waals surface area contributed by atoms with Gasteiger partial charge in [-0.15, -0.1) is 0 Å². The van der Waals surface area contributed by atoms with E-state index in [0.29, 0.717) is 30.0 Å². The monoisotopic (exact) mass is 320 g/mol. The maximum Gasteiger partial charge on any atom is 0.164 e. The lowest BCUT2D eigenvalue weighted by Crippen LogP contribution is -2.28. The molecule has 0 saturated carbocycles. The Labute approximate surface area is 141 Å². The summed E-state index contributed by atoms with van der Waals surface area (Å²) in [6.07, 6.45) is 5.29. The minimum Gasteiger partial charge on any atom is -0.492 e. The maximum absolute atomic E-state index is 12.4. The molecule has 0 bridgehead atoms. The SMILES string of the molecule is CCCCN(CCCC)CCC(=O)c1ccc(OCC)c(N)c1. The summed E-state index contributed by atoms with van der Waals surface area (Å²) in [7, 11) is 0. The number of nitrogen functional groups attached to an aromatic ring is 1.